The lowest BCUT2D eigenvalue weighted by molar-refractivity contribution is -0.114. The molecule has 1 amide bonds. The fraction of sp³-hybridized carbons (Fsp3) is 0.767. The second kappa shape index (κ2) is 32.4. The van der Waals surface area contributed by atoms with Gasteiger partial charge in [0.05, 0.1) is 132 Å². The first-order valence-corrected chi connectivity index (χ1v) is 15.1. The highest BCUT2D eigenvalue weighted by molar-refractivity contribution is 5.88. The second-order valence-electron chi connectivity index (χ2n) is 8.87. The number of carbonyl (C=O) groups excluding carboxylic acids is 1. The molecule has 1 aromatic rings. The van der Waals surface area contributed by atoms with Crippen LogP contribution in [0.1, 0.15) is 6.92 Å². The number of nitrogens with one attached hydrogen (secondary N) is 1. The summed E-state index contributed by atoms with van der Waals surface area (Å²) in [6, 6.07) is 7.16. The molecule has 0 saturated carbocycles. The molecule has 1 aromatic carbocycles. The Morgan fingerprint density at radius 2 is 0.750 bits per heavy atom. The topological polar surface area (TPSA) is 131 Å². The highest BCUT2D eigenvalue weighted by Gasteiger charge is 1.99. The SMILES string of the molecule is CC(=O)Nc1ccc(OCCOCCOCCOCCOCCOCCOCCOCCOCCOCCOCCF)cc1. The Morgan fingerprint density at radius 3 is 1.02 bits per heavy atom. The monoisotopic (exact) mass is 637 g/mol. The van der Waals surface area contributed by atoms with Crippen molar-refractivity contribution >= 4 is 11.6 Å². The predicted molar refractivity (Wildman–Crippen MR) is 160 cm³/mol. The molecule has 0 atom stereocenters. The normalized spacial score (nSPS) is 11.2. The van der Waals surface area contributed by atoms with Crippen LogP contribution in [-0.4, -0.2) is 151 Å². The van der Waals surface area contributed by atoms with Gasteiger partial charge in [-0.3, -0.25) is 4.79 Å². The highest BCUT2D eigenvalue weighted by Crippen LogP contribution is 2.15. The molecular formula is C30H52FNO12. The minimum Gasteiger partial charge on any atom is -0.491 e. The number of amides is 1. The van der Waals surface area contributed by atoms with Gasteiger partial charge in [-0.15, -0.1) is 0 Å². The number of hydrogen-bond donors (Lipinski definition) is 1. The fourth-order valence-electron chi connectivity index (χ4n) is 3.19. The van der Waals surface area contributed by atoms with Crippen molar-refractivity contribution in [1.29, 1.82) is 0 Å². The molecule has 0 unspecified atom stereocenters. The van der Waals surface area contributed by atoms with Crippen molar-refractivity contribution in [3.8, 4) is 5.75 Å². The van der Waals surface area contributed by atoms with Crippen LogP contribution in [0.3, 0.4) is 0 Å². The Hall–Kier alpha value is -1.98. The van der Waals surface area contributed by atoms with E-state index in [1.165, 1.54) is 6.92 Å². The molecule has 13 nitrogen and oxygen atoms in total. The van der Waals surface area contributed by atoms with Gasteiger partial charge in [-0.1, -0.05) is 0 Å². The lowest BCUT2D eigenvalue weighted by Crippen LogP contribution is -2.15. The zero-order valence-electron chi connectivity index (χ0n) is 26.1. The van der Waals surface area contributed by atoms with E-state index in [4.69, 9.17) is 52.1 Å². The third-order valence-electron chi connectivity index (χ3n) is 5.24. The van der Waals surface area contributed by atoms with E-state index in [1.54, 1.807) is 24.3 Å². The third kappa shape index (κ3) is 28.8. The van der Waals surface area contributed by atoms with Crippen molar-refractivity contribution in [2.24, 2.45) is 0 Å². The number of alkyl halides is 1. The van der Waals surface area contributed by atoms with Gasteiger partial charge in [-0.25, -0.2) is 4.39 Å². The van der Waals surface area contributed by atoms with Crippen molar-refractivity contribution in [2.75, 3.05) is 151 Å². The van der Waals surface area contributed by atoms with Gasteiger partial charge in [0.25, 0.3) is 0 Å². The van der Waals surface area contributed by atoms with E-state index in [-0.39, 0.29) is 12.5 Å². The van der Waals surface area contributed by atoms with Crippen LogP contribution in [0.2, 0.25) is 0 Å². The molecule has 0 heterocycles. The molecule has 1 rings (SSSR count). The Labute approximate surface area is 260 Å². The standard InChI is InChI=1S/C30H52FNO12/c1-28(33)32-29-2-4-30(5-3-29)44-27-26-43-25-24-42-23-22-41-21-20-40-19-18-39-17-16-38-15-14-37-13-12-36-11-10-35-9-8-34-7-6-31/h2-5H,6-27H2,1H3,(H,32,33). The first-order chi connectivity index (χ1) is 21.7. The molecule has 0 aliphatic carbocycles. The number of carbonyl (C=O) groups is 1. The summed E-state index contributed by atoms with van der Waals surface area (Å²) < 4.78 is 71.2. The summed E-state index contributed by atoms with van der Waals surface area (Å²) in [6.45, 7) is 10.6. The van der Waals surface area contributed by atoms with E-state index >= 15 is 0 Å². The van der Waals surface area contributed by atoms with Crippen molar-refractivity contribution in [2.45, 2.75) is 6.92 Å². The van der Waals surface area contributed by atoms with Gasteiger partial charge in [0.1, 0.15) is 19.0 Å². The number of benzene rings is 1. The number of hydrogen-bond acceptors (Lipinski definition) is 12. The molecule has 1 N–H and O–H groups in total. The van der Waals surface area contributed by atoms with E-state index in [0.717, 1.165) is 5.69 Å². The number of anilines is 1. The summed E-state index contributed by atoms with van der Waals surface area (Å²) in [7, 11) is 0. The molecule has 0 bridgehead atoms. The van der Waals surface area contributed by atoms with Gasteiger partial charge in [-0.05, 0) is 24.3 Å². The average Bonchev–Trinajstić information content (AvgIpc) is 3.02. The van der Waals surface area contributed by atoms with Gasteiger partial charge in [0, 0.05) is 12.6 Å². The minimum atomic E-state index is -0.478. The van der Waals surface area contributed by atoms with Crippen molar-refractivity contribution in [1.82, 2.24) is 0 Å². The molecule has 0 spiro atoms. The Kier molecular flexibility index (Phi) is 29.5. The smallest absolute Gasteiger partial charge is 0.221 e. The summed E-state index contributed by atoms with van der Waals surface area (Å²) in [4.78, 5) is 11.0. The second-order valence-corrected chi connectivity index (χ2v) is 8.87. The van der Waals surface area contributed by atoms with Crippen molar-refractivity contribution < 1.29 is 61.3 Å². The fourth-order valence-corrected chi connectivity index (χ4v) is 3.19. The van der Waals surface area contributed by atoms with Crippen molar-refractivity contribution in [3.63, 3.8) is 0 Å². The van der Waals surface area contributed by atoms with E-state index in [0.29, 0.717) is 138 Å². The first-order valence-electron chi connectivity index (χ1n) is 15.1. The molecule has 0 aromatic heterocycles. The Balaban J connectivity index is 1.67. The molecule has 0 aliphatic rings. The molecule has 0 radical (unpaired) electrons. The molecule has 14 heteroatoms. The lowest BCUT2D eigenvalue weighted by atomic mass is 10.3. The van der Waals surface area contributed by atoms with Crippen LogP contribution in [0.25, 0.3) is 0 Å². The largest absolute Gasteiger partial charge is 0.491 e. The van der Waals surface area contributed by atoms with E-state index in [1.807, 2.05) is 0 Å². The van der Waals surface area contributed by atoms with Crippen LogP contribution in [-0.2, 0) is 52.2 Å². The molecule has 0 saturated heterocycles. The molecule has 44 heavy (non-hydrogen) atoms. The predicted octanol–water partition coefficient (Wildman–Crippen LogP) is 2.16. The minimum absolute atomic E-state index is 0.110. The zero-order chi connectivity index (χ0) is 31.6. The van der Waals surface area contributed by atoms with Crippen LogP contribution in [0.4, 0.5) is 10.1 Å². The molecule has 256 valence electrons. The molecule has 0 aliphatic heterocycles. The van der Waals surface area contributed by atoms with Gasteiger partial charge < -0.3 is 57.4 Å². The number of rotatable bonds is 34. The van der Waals surface area contributed by atoms with E-state index < -0.39 is 6.67 Å². The number of halogens is 1. The third-order valence-corrected chi connectivity index (χ3v) is 5.24. The maximum atomic E-state index is 11.8. The zero-order valence-corrected chi connectivity index (χ0v) is 26.1. The lowest BCUT2D eigenvalue weighted by Gasteiger charge is -2.09. The van der Waals surface area contributed by atoms with E-state index in [2.05, 4.69) is 5.32 Å². The van der Waals surface area contributed by atoms with Gasteiger partial charge in [0.2, 0.25) is 5.91 Å². The average molecular weight is 638 g/mol. The number of ether oxygens (including phenoxy) is 11. The Morgan fingerprint density at radius 1 is 0.477 bits per heavy atom. The molecular weight excluding hydrogens is 585 g/mol. The molecule has 0 fully saturated rings. The first kappa shape index (κ1) is 40.0. The summed E-state index contributed by atoms with van der Waals surface area (Å²) >= 11 is 0. The highest BCUT2D eigenvalue weighted by atomic mass is 19.1. The van der Waals surface area contributed by atoms with Crippen LogP contribution < -0.4 is 10.1 Å². The van der Waals surface area contributed by atoms with E-state index in [9.17, 15) is 9.18 Å². The van der Waals surface area contributed by atoms with Crippen LogP contribution >= 0.6 is 0 Å². The summed E-state index contributed by atoms with van der Waals surface area (Å²) in [5.41, 5.74) is 0.729. The summed E-state index contributed by atoms with van der Waals surface area (Å²) in [6.07, 6.45) is 0. The maximum absolute atomic E-state index is 11.8. The van der Waals surface area contributed by atoms with Gasteiger partial charge in [-0.2, -0.15) is 0 Å². The summed E-state index contributed by atoms with van der Waals surface area (Å²) in [5, 5.41) is 2.71. The van der Waals surface area contributed by atoms with Gasteiger partial charge >= 0.3 is 0 Å². The van der Waals surface area contributed by atoms with Crippen molar-refractivity contribution in [3.05, 3.63) is 24.3 Å². The van der Waals surface area contributed by atoms with Crippen LogP contribution in [0.15, 0.2) is 24.3 Å². The van der Waals surface area contributed by atoms with Crippen LogP contribution in [0, 0.1) is 0 Å². The summed E-state index contributed by atoms with van der Waals surface area (Å²) in [5.74, 6) is 0.603. The van der Waals surface area contributed by atoms with Gasteiger partial charge in [0.15, 0.2) is 0 Å². The Bertz CT molecular complexity index is 747. The maximum Gasteiger partial charge on any atom is 0.221 e. The quantitative estimate of drug-likeness (QED) is 0.111. The van der Waals surface area contributed by atoms with Crippen LogP contribution in [0.5, 0.6) is 5.75 Å².